The predicted molar refractivity (Wildman–Crippen MR) is 71.2 cm³/mol. The third-order valence-electron chi connectivity index (χ3n) is 1.95. The maximum Gasteiger partial charge on any atom is 0.320 e. The highest BCUT2D eigenvalue weighted by Crippen LogP contribution is 2.28. The van der Waals surface area contributed by atoms with Gasteiger partial charge < -0.3 is 9.73 Å². The van der Waals surface area contributed by atoms with Crippen molar-refractivity contribution in [3.63, 3.8) is 0 Å². The Balaban J connectivity index is 2.16. The zero-order valence-electron chi connectivity index (χ0n) is 8.58. The van der Waals surface area contributed by atoms with Crippen molar-refractivity contribution < 1.29 is 4.42 Å². The first-order valence-electron chi connectivity index (χ1n) is 4.79. The second kappa shape index (κ2) is 5.71. The molecule has 0 aliphatic heterocycles. The lowest BCUT2D eigenvalue weighted by molar-refractivity contribution is 0.516. The Kier molecular flexibility index (Phi) is 4.25. The lowest BCUT2D eigenvalue weighted by Gasteiger charge is -2.04. The van der Waals surface area contributed by atoms with E-state index in [1.165, 1.54) is 0 Å². The van der Waals surface area contributed by atoms with Crippen LogP contribution < -0.4 is 5.32 Å². The molecule has 0 fully saturated rings. The topological polar surface area (TPSA) is 51.0 Å². The third kappa shape index (κ3) is 3.34. The van der Waals surface area contributed by atoms with Gasteiger partial charge in [-0.2, -0.15) is 0 Å². The molecule has 0 saturated carbocycles. The molecule has 0 bridgehead atoms. The van der Waals surface area contributed by atoms with Gasteiger partial charge in [-0.1, -0.05) is 32.6 Å². The van der Waals surface area contributed by atoms with Crippen LogP contribution in [0.4, 0.5) is 11.7 Å². The summed E-state index contributed by atoms with van der Waals surface area (Å²) in [4.78, 5) is 0. The van der Waals surface area contributed by atoms with E-state index in [2.05, 4.69) is 31.4 Å². The molecule has 0 aliphatic carbocycles. The predicted octanol–water partition coefficient (Wildman–Crippen LogP) is 4.01. The highest BCUT2D eigenvalue weighted by atomic mass is 79.9. The fourth-order valence-corrected chi connectivity index (χ4v) is 1.88. The van der Waals surface area contributed by atoms with Crippen LogP contribution >= 0.6 is 39.1 Å². The second-order valence-corrected chi connectivity index (χ2v) is 4.89. The summed E-state index contributed by atoms with van der Waals surface area (Å²) in [6.07, 6.45) is 0.544. The fraction of sp³-hybridized carbons (Fsp3) is 0.200. The number of hydrogen-bond acceptors (Lipinski definition) is 4. The van der Waals surface area contributed by atoms with E-state index in [0.717, 1.165) is 4.47 Å². The van der Waals surface area contributed by atoms with Gasteiger partial charge in [-0.25, -0.2) is 0 Å². The number of nitrogens with zero attached hydrogens (tertiary/aromatic N) is 2. The highest BCUT2D eigenvalue weighted by Gasteiger charge is 2.08. The van der Waals surface area contributed by atoms with Crippen molar-refractivity contribution in [2.75, 3.05) is 11.2 Å². The SMILES string of the molecule is ClCCc1nnc(Nc2cc(Br)ccc2Cl)o1. The largest absolute Gasteiger partial charge is 0.408 e. The normalized spacial score (nSPS) is 10.5. The van der Waals surface area contributed by atoms with Gasteiger partial charge >= 0.3 is 6.01 Å². The first-order valence-corrected chi connectivity index (χ1v) is 6.50. The first-order chi connectivity index (χ1) is 8.19. The maximum atomic E-state index is 6.02. The van der Waals surface area contributed by atoms with Gasteiger partial charge in [0, 0.05) is 16.8 Å². The van der Waals surface area contributed by atoms with E-state index in [1.54, 1.807) is 6.07 Å². The Hall–Kier alpha value is -0.780. The van der Waals surface area contributed by atoms with Crippen LogP contribution in [0.2, 0.25) is 5.02 Å². The molecule has 17 heavy (non-hydrogen) atoms. The van der Waals surface area contributed by atoms with E-state index in [-0.39, 0.29) is 0 Å². The minimum Gasteiger partial charge on any atom is -0.408 e. The average Bonchev–Trinajstić information content (AvgIpc) is 2.72. The summed E-state index contributed by atoms with van der Waals surface area (Å²) in [6.45, 7) is 0. The molecule has 0 radical (unpaired) electrons. The molecule has 0 unspecified atom stereocenters. The minimum atomic E-state index is 0.296. The standard InChI is InChI=1S/C10H8BrCl2N3O/c11-6-1-2-7(13)8(5-6)14-10-16-15-9(17-10)3-4-12/h1-2,5H,3-4H2,(H,14,16). The van der Waals surface area contributed by atoms with Crippen LogP contribution in [0.5, 0.6) is 0 Å². The molecule has 0 atom stereocenters. The Bertz CT molecular complexity index is 518. The molecule has 0 spiro atoms. The molecule has 2 aromatic rings. The van der Waals surface area contributed by atoms with Crippen molar-refractivity contribution in [2.45, 2.75) is 6.42 Å². The van der Waals surface area contributed by atoms with Crippen molar-refractivity contribution in [3.05, 3.63) is 33.6 Å². The van der Waals surface area contributed by atoms with Crippen molar-refractivity contribution in [1.29, 1.82) is 0 Å². The Morgan fingerprint density at radius 3 is 2.94 bits per heavy atom. The van der Waals surface area contributed by atoms with Crippen molar-refractivity contribution >= 4 is 50.8 Å². The summed E-state index contributed by atoms with van der Waals surface area (Å²) in [7, 11) is 0. The van der Waals surface area contributed by atoms with Crippen LogP contribution in [0.25, 0.3) is 0 Å². The zero-order chi connectivity index (χ0) is 12.3. The quantitative estimate of drug-likeness (QED) is 0.857. The number of hydrogen-bond donors (Lipinski definition) is 1. The lowest BCUT2D eigenvalue weighted by Crippen LogP contribution is -1.91. The molecule has 0 saturated heterocycles. The van der Waals surface area contributed by atoms with Gasteiger partial charge in [-0.3, -0.25) is 0 Å². The number of benzene rings is 1. The summed E-state index contributed by atoms with van der Waals surface area (Å²) in [6, 6.07) is 5.74. The molecular weight excluding hydrogens is 329 g/mol. The van der Waals surface area contributed by atoms with Crippen LogP contribution in [-0.4, -0.2) is 16.1 Å². The molecule has 1 aromatic heterocycles. The highest BCUT2D eigenvalue weighted by molar-refractivity contribution is 9.10. The van der Waals surface area contributed by atoms with Crippen LogP contribution in [0.1, 0.15) is 5.89 Å². The Morgan fingerprint density at radius 1 is 1.35 bits per heavy atom. The van der Waals surface area contributed by atoms with Crippen LogP contribution in [0.15, 0.2) is 27.1 Å². The van der Waals surface area contributed by atoms with Gasteiger partial charge in [0.25, 0.3) is 0 Å². The van der Waals surface area contributed by atoms with Gasteiger partial charge in [0.2, 0.25) is 5.89 Å². The number of nitrogens with one attached hydrogen (secondary N) is 1. The van der Waals surface area contributed by atoms with Gasteiger partial charge in [0.15, 0.2) is 0 Å². The van der Waals surface area contributed by atoms with Crippen LogP contribution in [0.3, 0.4) is 0 Å². The summed E-state index contributed by atoms with van der Waals surface area (Å²) in [5, 5.41) is 11.2. The molecule has 2 rings (SSSR count). The summed E-state index contributed by atoms with van der Waals surface area (Å²) >= 11 is 15.0. The third-order valence-corrected chi connectivity index (χ3v) is 2.96. The number of halogens is 3. The Morgan fingerprint density at radius 2 is 2.18 bits per heavy atom. The molecular formula is C10H8BrCl2N3O. The minimum absolute atomic E-state index is 0.296. The van der Waals surface area contributed by atoms with Crippen LogP contribution in [0, 0.1) is 0 Å². The molecule has 1 heterocycles. The first kappa shape index (κ1) is 12.7. The summed E-state index contributed by atoms with van der Waals surface area (Å²) in [5.41, 5.74) is 0.696. The molecule has 7 heteroatoms. The average molecular weight is 337 g/mol. The number of anilines is 2. The van der Waals surface area contributed by atoms with Gasteiger partial charge in [0.1, 0.15) is 0 Å². The van der Waals surface area contributed by atoms with Crippen molar-refractivity contribution in [3.8, 4) is 0 Å². The van der Waals surface area contributed by atoms with Crippen molar-refractivity contribution in [2.24, 2.45) is 0 Å². The number of alkyl halides is 1. The Labute approximate surface area is 116 Å². The van der Waals surface area contributed by atoms with Gasteiger partial charge in [-0.15, -0.1) is 16.7 Å². The van der Waals surface area contributed by atoms with Crippen LogP contribution in [-0.2, 0) is 6.42 Å². The number of aromatic nitrogens is 2. The maximum absolute atomic E-state index is 6.02. The molecule has 1 N–H and O–H groups in total. The smallest absolute Gasteiger partial charge is 0.320 e. The molecule has 0 amide bonds. The van der Waals surface area contributed by atoms with Gasteiger partial charge in [-0.05, 0) is 18.2 Å². The molecule has 0 aliphatic rings. The van der Waals surface area contributed by atoms with E-state index >= 15 is 0 Å². The molecule has 90 valence electrons. The van der Waals surface area contributed by atoms with E-state index in [4.69, 9.17) is 27.6 Å². The van der Waals surface area contributed by atoms with E-state index in [9.17, 15) is 0 Å². The molecule has 4 nitrogen and oxygen atoms in total. The summed E-state index contributed by atoms with van der Waals surface area (Å²) < 4.78 is 6.24. The van der Waals surface area contributed by atoms with E-state index in [0.29, 0.717) is 34.9 Å². The monoisotopic (exact) mass is 335 g/mol. The second-order valence-electron chi connectivity index (χ2n) is 3.19. The van der Waals surface area contributed by atoms with Crippen molar-refractivity contribution in [1.82, 2.24) is 10.2 Å². The zero-order valence-corrected chi connectivity index (χ0v) is 11.7. The lowest BCUT2D eigenvalue weighted by atomic mass is 10.3. The number of aryl methyl sites for hydroxylation is 1. The van der Waals surface area contributed by atoms with E-state index < -0.39 is 0 Å². The van der Waals surface area contributed by atoms with Gasteiger partial charge in [0.05, 0.1) is 10.7 Å². The molecule has 1 aromatic carbocycles. The summed E-state index contributed by atoms with van der Waals surface area (Å²) in [5.74, 6) is 0.938. The number of rotatable bonds is 4. The van der Waals surface area contributed by atoms with E-state index in [1.807, 2.05) is 12.1 Å². The fourth-order valence-electron chi connectivity index (χ4n) is 1.19.